The molecule has 1 rings (SSSR count). The quantitative estimate of drug-likeness (QED) is 0.534. The zero-order chi connectivity index (χ0) is 7.56. The molecule has 0 N–H and O–H groups in total. The first-order valence-corrected chi connectivity index (χ1v) is 3.95. The van der Waals surface area contributed by atoms with E-state index in [1.165, 1.54) is 0 Å². The van der Waals surface area contributed by atoms with E-state index in [9.17, 15) is 4.79 Å². The molecule has 56 valence electrons. The highest BCUT2D eigenvalue weighted by Gasteiger charge is 2.20. The minimum atomic E-state index is 0.236. The molecule has 0 bridgehead atoms. The molecule has 2 atom stereocenters. The van der Waals surface area contributed by atoms with Gasteiger partial charge in [-0.15, -0.1) is 0 Å². The molecular weight excluding hydrogens is 124 g/mol. The van der Waals surface area contributed by atoms with E-state index in [2.05, 4.69) is 19.1 Å². The van der Waals surface area contributed by atoms with Gasteiger partial charge in [-0.1, -0.05) is 26.0 Å². The first kappa shape index (κ1) is 7.52. The van der Waals surface area contributed by atoms with Crippen LogP contribution in [0.3, 0.4) is 0 Å². The van der Waals surface area contributed by atoms with Crippen LogP contribution >= 0.6 is 0 Å². The van der Waals surface area contributed by atoms with Crippen molar-refractivity contribution in [3.63, 3.8) is 0 Å². The van der Waals surface area contributed by atoms with Crippen LogP contribution in [0.15, 0.2) is 12.2 Å². The van der Waals surface area contributed by atoms with E-state index >= 15 is 0 Å². The Morgan fingerprint density at radius 3 is 2.70 bits per heavy atom. The molecule has 0 radical (unpaired) electrons. The highest BCUT2D eigenvalue weighted by atomic mass is 16.1. The standard InChI is InChI=1S/C9H14O/c1-3-9(10)8-5-4-7(2)6-8/h4-5,7-8H,3,6H2,1-2H3. The number of ketones is 1. The summed E-state index contributed by atoms with van der Waals surface area (Å²) in [6.07, 6.45) is 5.91. The van der Waals surface area contributed by atoms with Crippen LogP contribution in [0.25, 0.3) is 0 Å². The van der Waals surface area contributed by atoms with Gasteiger partial charge < -0.3 is 0 Å². The summed E-state index contributed by atoms with van der Waals surface area (Å²) in [6.45, 7) is 4.08. The third kappa shape index (κ3) is 1.47. The van der Waals surface area contributed by atoms with Crippen LogP contribution in [-0.2, 0) is 4.79 Å². The maximum Gasteiger partial charge on any atom is 0.139 e. The first-order valence-electron chi connectivity index (χ1n) is 3.95. The van der Waals surface area contributed by atoms with Crippen LogP contribution in [-0.4, -0.2) is 5.78 Å². The zero-order valence-electron chi connectivity index (χ0n) is 6.63. The van der Waals surface area contributed by atoms with Crippen molar-refractivity contribution in [2.45, 2.75) is 26.7 Å². The van der Waals surface area contributed by atoms with E-state index in [-0.39, 0.29) is 5.92 Å². The summed E-state index contributed by atoms with van der Waals surface area (Å²) >= 11 is 0. The van der Waals surface area contributed by atoms with Crippen LogP contribution in [0.4, 0.5) is 0 Å². The van der Waals surface area contributed by atoms with Gasteiger partial charge in [-0.05, 0) is 12.3 Å². The molecule has 2 unspecified atom stereocenters. The maximum absolute atomic E-state index is 11.1. The van der Waals surface area contributed by atoms with Gasteiger partial charge in [0.05, 0.1) is 0 Å². The fourth-order valence-corrected chi connectivity index (χ4v) is 1.38. The van der Waals surface area contributed by atoms with E-state index in [1.54, 1.807) is 0 Å². The van der Waals surface area contributed by atoms with Crippen molar-refractivity contribution >= 4 is 5.78 Å². The fourth-order valence-electron chi connectivity index (χ4n) is 1.38. The second kappa shape index (κ2) is 3.00. The molecule has 0 aromatic carbocycles. The number of rotatable bonds is 2. The molecule has 1 aliphatic carbocycles. The summed E-state index contributed by atoms with van der Waals surface area (Å²) in [5.41, 5.74) is 0. The fraction of sp³-hybridized carbons (Fsp3) is 0.667. The Balaban J connectivity index is 2.46. The summed E-state index contributed by atoms with van der Waals surface area (Å²) in [5.74, 6) is 1.24. The van der Waals surface area contributed by atoms with Crippen LogP contribution in [0.1, 0.15) is 26.7 Å². The van der Waals surface area contributed by atoms with Gasteiger partial charge in [-0.25, -0.2) is 0 Å². The normalized spacial score (nSPS) is 31.0. The summed E-state index contributed by atoms with van der Waals surface area (Å²) in [4.78, 5) is 11.1. The van der Waals surface area contributed by atoms with Crippen molar-refractivity contribution in [2.75, 3.05) is 0 Å². The van der Waals surface area contributed by atoms with E-state index in [0.29, 0.717) is 18.1 Å². The van der Waals surface area contributed by atoms with Crippen molar-refractivity contribution < 1.29 is 4.79 Å². The van der Waals surface area contributed by atoms with E-state index < -0.39 is 0 Å². The molecule has 0 aromatic rings. The zero-order valence-corrected chi connectivity index (χ0v) is 6.63. The molecule has 0 saturated carbocycles. The number of hydrogen-bond donors (Lipinski definition) is 0. The van der Waals surface area contributed by atoms with Crippen LogP contribution < -0.4 is 0 Å². The largest absolute Gasteiger partial charge is 0.299 e. The van der Waals surface area contributed by atoms with E-state index in [1.807, 2.05) is 6.92 Å². The Kier molecular flexibility index (Phi) is 2.25. The monoisotopic (exact) mass is 138 g/mol. The predicted octanol–water partition coefficient (Wildman–Crippen LogP) is 2.18. The lowest BCUT2D eigenvalue weighted by Crippen LogP contribution is -2.08. The molecule has 0 amide bonds. The van der Waals surface area contributed by atoms with Crippen molar-refractivity contribution in [2.24, 2.45) is 11.8 Å². The molecule has 0 spiro atoms. The minimum absolute atomic E-state index is 0.236. The Morgan fingerprint density at radius 2 is 2.30 bits per heavy atom. The molecule has 0 heterocycles. The molecule has 0 aromatic heterocycles. The van der Waals surface area contributed by atoms with Gasteiger partial charge in [-0.2, -0.15) is 0 Å². The summed E-state index contributed by atoms with van der Waals surface area (Å²) < 4.78 is 0. The van der Waals surface area contributed by atoms with Gasteiger partial charge in [-0.3, -0.25) is 4.79 Å². The van der Waals surface area contributed by atoms with Crippen molar-refractivity contribution in [1.82, 2.24) is 0 Å². The highest BCUT2D eigenvalue weighted by Crippen LogP contribution is 2.24. The number of Topliss-reactive ketones (excluding diaryl/α,β-unsaturated/α-hetero) is 1. The minimum Gasteiger partial charge on any atom is -0.299 e. The summed E-state index contributed by atoms with van der Waals surface area (Å²) in [5, 5.41) is 0. The molecule has 1 aliphatic rings. The highest BCUT2D eigenvalue weighted by molar-refractivity contribution is 5.82. The van der Waals surface area contributed by atoms with Gasteiger partial charge in [0.15, 0.2) is 0 Å². The average molecular weight is 138 g/mol. The van der Waals surface area contributed by atoms with E-state index in [4.69, 9.17) is 0 Å². The Hall–Kier alpha value is -0.590. The topological polar surface area (TPSA) is 17.1 Å². The van der Waals surface area contributed by atoms with Crippen molar-refractivity contribution in [3.05, 3.63) is 12.2 Å². The van der Waals surface area contributed by atoms with Gasteiger partial charge in [0.2, 0.25) is 0 Å². The molecule has 0 saturated heterocycles. The lowest BCUT2D eigenvalue weighted by atomic mass is 9.99. The van der Waals surface area contributed by atoms with E-state index in [0.717, 1.165) is 6.42 Å². The lowest BCUT2D eigenvalue weighted by Gasteiger charge is -2.04. The smallest absolute Gasteiger partial charge is 0.139 e. The lowest BCUT2D eigenvalue weighted by molar-refractivity contribution is -0.121. The molecule has 10 heavy (non-hydrogen) atoms. The number of carbonyl (C=O) groups excluding carboxylic acids is 1. The Labute approximate surface area is 62.1 Å². The maximum atomic E-state index is 11.1. The summed E-state index contributed by atoms with van der Waals surface area (Å²) in [6, 6.07) is 0. The van der Waals surface area contributed by atoms with Crippen LogP contribution in [0.2, 0.25) is 0 Å². The Morgan fingerprint density at radius 1 is 1.60 bits per heavy atom. The summed E-state index contributed by atoms with van der Waals surface area (Å²) in [7, 11) is 0. The van der Waals surface area contributed by atoms with Crippen molar-refractivity contribution in [3.8, 4) is 0 Å². The SMILES string of the molecule is CCC(=O)C1C=CC(C)C1. The van der Waals surface area contributed by atoms with Gasteiger partial charge >= 0.3 is 0 Å². The average Bonchev–Trinajstić information content (AvgIpc) is 2.34. The van der Waals surface area contributed by atoms with Gasteiger partial charge in [0, 0.05) is 12.3 Å². The van der Waals surface area contributed by atoms with Gasteiger partial charge in [0.1, 0.15) is 5.78 Å². The van der Waals surface area contributed by atoms with Crippen molar-refractivity contribution in [1.29, 1.82) is 0 Å². The molecule has 0 fully saturated rings. The van der Waals surface area contributed by atoms with Crippen LogP contribution in [0.5, 0.6) is 0 Å². The third-order valence-corrected chi connectivity index (χ3v) is 2.06. The molecule has 1 nitrogen and oxygen atoms in total. The third-order valence-electron chi connectivity index (χ3n) is 2.06. The second-order valence-electron chi connectivity index (χ2n) is 3.02. The van der Waals surface area contributed by atoms with Gasteiger partial charge in [0.25, 0.3) is 0 Å². The predicted molar refractivity (Wildman–Crippen MR) is 41.7 cm³/mol. The molecule has 1 heteroatoms. The Bertz CT molecular complexity index is 158. The number of carbonyl (C=O) groups is 1. The van der Waals surface area contributed by atoms with Crippen LogP contribution in [0, 0.1) is 11.8 Å². The first-order chi connectivity index (χ1) is 4.74. The second-order valence-corrected chi connectivity index (χ2v) is 3.02. The number of hydrogen-bond acceptors (Lipinski definition) is 1. The molecular formula is C9H14O. The number of allylic oxidation sites excluding steroid dienone is 2. The molecule has 0 aliphatic heterocycles.